The third kappa shape index (κ3) is 2.71. The summed E-state index contributed by atoms with van der Waals surface area (Å²) in [6, 6.07) is 6.63. The minimum atomic E-state index is -0.550. The van der Waals surface area contributed by atoms with Crippen molar-refractivity contribution in [1.82, 2.24) is 15.5 Å². The highest BCUT2D eigenvalue weighted by Gasteiger charge is 2.51. The van der Waals surface area contributed by atoms with Crippen LogP contribution in [-0.4, -0.2) is 34.3 Å². The van der Waals surface area contributed by atoms with Crippen LogP contribution >= 0.6 is 0 Å². The minimum Gasteiger partial charge on any atom is -0.387 e. The Balaban J connectivity index is 1.71. The molecule has 1 heterocycles. The predicted molar refractivity (Wildman–Crippen MR) is 74.5 cm³/mol. The number of carbonyl (C=O) groups excluding carboxylic acids is 1. The normalized spacial score (nSPS) is 15.5. The lowest BCUT2D eigenvalue weighted by Crippen LogP contribution is -2.28. The summed E-state index contributed by atoms with van der Waals surface area (Å²) in [6.07, 6.45) is 1.94. The number of hydrogen-bond donors (Lipinski definition) is 2. The van der Waals surface area contributed by atoms with Crippen molar-refractivity contribution in [3.8, 4) is 0 Å². The third-order valence-electron chi connectivity index (χ3n) is 3.84. The van der Waals surface area contributed by atoms with Gasteiger partial charge < -0.3 is 14.9 Å². The molecule has 2 N–H and O–H groups in total. The Morgan fingerprint density at radius 2 is 2.18 bits per heavy atom. The zero-order valence-corrected chi connectivity index (χ0v) is 11.9. The Morgan fingerprint density at radius 1 is 1.41 bits per heavy atom. The van der Waals surface area contributed by atoms with Crippen LogP contribution in [-0.2, 0) is 16.6 Å². The van der Waals surface area contributed by atoms with E-state index in [4.69, 9.17) is 9.63 Å². The molecule has 1 aliphatic rings. The molecular formula is C15H16FN3O3. The van der Waals surface area contributed by atoms with E-state index in [2.05, 4.69) is 15.5 Å². The van der Waals surface area contributed by atoms with Gasteiger partial charge in [0.25, 0.3) is 0 Å². The maximum Gasteiger partial charge on any atom is 0.245 e. The van der Waals surface area contributed by atoms with Gasteiger partial charge in [-0.05, 0) is 18.9 Å². The first-order chi connectivity index (χ1) is 10.7. The highest BCUT2D eigenvalue weighted by Crippen LogP contribution is 2.52. The number of rotatable bonds is 6. The molecule has 1 fully saturated rings. The number of aliphatic hydroxyl groups is 1. The lowest BCUT2D eigenvalue weighted by Gasteiger charge is -2.11. The van der Waals surface area contributed by atoms with Gasteiger partial charge in [-0.25, -0.2) is 4.39 Å². The van der Waals surface area contributed by atoms with E-state index in [9.17, 15) is 9.18 Å². The van der Waals surface area contributed by atoms with Gasteiger partial charge in [0.1, 0.15) is 12.4 Å². The van der Waals surface area contributed by atoms with E-state index < -0.39 is 17.9 Å². The van der Waals surface area contributed by atoms with Gasteiger partial charge in [-0.15, -0.1) is 0 Å². The molecule has 1 aromatic heterocycles. The highest BCUT2D eigenvalue weighted by atomic mass is 19.1. The molecule has 2 aromatic rings. The molecule has 3 rings (SSSR count). The van der Waals surface area contributed by atoms with Gasteiger partial charge in [-0.3, -0.25) is 4.79 Å². The van der Waals surface area contributed by atoms with E-state index in [1.54, 1.807) is 18.2 Å². The van der Waals surface area contributed by atoms with E-state index in [0.29, 0.717) is 30.2 Å². The zero-order chi connectivity index (χ0) is 15.6. The number of aliphatic hydroxyl groups excluding tert-OH is 1. The van der Waals surface area contributed by atoms with Crippen molar-refractivity contribution >= 4 is 5.91 Å². The van der Waals surface area contributed by atoms with Crippen LogP contribution in [0.4, 0.5) is 4.39 Å². The smallest absolute Gasteiger partial charge is 0.245 e. The van der Waals surface area contributed by atoms with Crippen molar-refractivity contribution in [3.05, 3.63) is 47.4 Å². The number of amides is 1. The van der Waals surface area contributed by atoms with Gasteiger partial charge in [0, 0.05) is 18.5 Å². The summed E-state index contributed by atoms with van der Waals surface area (Å²) in [5.74, 6) is 0.156. The maximum absolute atomic E-state index is 14.0. The van der Waals surface area contributed by atoms with E-state index in [-0.39, 0.29) is 5.82 Å². The van der Waals surface area contributed by atoms with E-state index >= 15 is 0 Å². The summed E-state index contributed by atoms with van der Waals surface area (Å²) >= 11 is 0. The van der Waals surface area contributed by atoms with Crippen molar-refractivity contribution in [1.29, 1.82) is 0 Å². The number of hydrogen-bond acceptors (Lipinski definition) is 5. The molecule has 1 aliphatic carbocycles. The van der Waals surface area contributed by atoms with E-state index in [1.807, 2.05) is 0 Å². The predicted octanol–water partition coefficient (Wildman–Crippen LogP) is 0.940. The van der Waals surface area contributed by atoms with Crippen LogP contribution in [0.1, 0.15) is 30.1 Å². The number of aromatic nitrogens is 2. The first-order valence-corrected chi connectivity index (χ1v) is 7.11. The molecule has 0 radical (unpaired) electrons. The number of carbonyl (C=O) groups is 1. The van der Waals surface area contributed by atoms with Crippen LogP contribution in [0.5, 0.6) is 0 Å². The number of nitrogens with zero attached hydrogens (tertiary/aromatic N) is 2. The molecule has 0 atom stereocenters. The molecule has 0 unspecified atom stereocenters. The molecule has 22 heavy (non-hydrogen) atoms. The second-order valence-electron chi connectivity index (χ2n) is 5.33. The van der Waals surface area contributed by atoms with Gasteiger partial charge in [-0.2, -0.15) is 4.98 Å². The van der Waals surface area contributed by atoms with Crippen LogP contribution in [0.2, 0.25) is 0 Å². The van der Waals surface area contributed by atoms with Crippen molar-refractivity contribution < 1.29 is 18.8 Å². The lowest BCUT2D eigenvalue weighted by atomic mass is 9.95. The standard InChI is InChI=1S/C15H16FN3O3/c16-11-4-2-1-3-10(11)15(6-7-15)14-18-13(22-19-14)5-8-17-12(21)9-20/h1-4,20H,5-9H2,(H,17,21). The zero-order valence-electron chi connectivity index (χ0n) is 11.9. The average molecular weight is 305 g/mol. The topological polar surface area (TPSA) is 88.2 Å². The Hall–Kier alpha value is -2.28. The van der Waals surface area contributed by atoms with Crippen LogP contribution in [0.25, 0.3) is 0 Å². The Morgan fingerprint density at radius 3 is 2.86 bits per heavy atom. The minimum absolute atomic E-state index is 0.262. The molecule has 7 heteroatoms. The first kappa shape index (κ1) is 14.6. The number of nitrogens with one attached hydrogen (secondary N) is 1. The van der Waals surface area contributed by atoms with Gasteiger partial charge in [-0.1, -0.05) is 23.4 Å². The van der Waals surface area contributed by atoms with Crippen LogP contribution in [0, 0.1) is 5.82 Å². The summed E-state index contributed by atoms with van der Waals surface area (Å²) in [4.78, 5) is 15.3. The first-order valence-electron chi connectivity index (χ1n) is 7.11. The molecular weight excluding hydrogens is 289 g/mol. The molecule has 1 amide bonds. The fraction of sp³-hybridized carbons (Fsp3) is 0.400. The highest BCUT2D eigenvalue weighted by molar-refractivity contribution is 5.76. The monoisotopic (exact) mass is 305 g/mol. The van der Waals surface area contributed by atoms with E-state index in [1.165, 1.54) is 6.07 Å². The van der Waals surface area contributed by atoms with Crippen LogP contribution < -0.4 is 5.32 Å². The van der Waals surface area contributed by atoms with Gasteiger partial charge in [0.15, 0.2) is 5.82 Å². The Labute approximate surface area is 126 Å². The lowest BCUT2D eigenvalue weighted by molar-refractivity contribution is -0.123. The van der Waals surface area contributed by atoms with Crippen molar-refractivity contribution in [2.75, 3.05) is 13.2 Å². The molecule has 0 spiro atoms. The Bertz CT molecular complexity index is 682. The fourth-order valence-corrected chi connectivity index (χ4v) is 2.50. The molecule has 0 bridgehead atoms. The van der Waals surface area contributed by atoms with Crippen LogP contribution in [0.15, 0.2) is 28.8 Å². The number of halogens is 1. The SMILES string of the molecule is O=C(CO)NCCc1nc(C2(c3ccccc3F)CC2)no1. The molecule has 116 valence electrons. The molecule has 0 saturated heterocycles. The van der Waals surface area contributed by atoms with Gasteiger partial charge in [0.05, 0.1) is 5.41 Å². The summed E-state index contributed by atoms with van der Waals surface area (Å²) in [6.45, 7) is -0.251. The molecule has 1 aromatic carbocycles. The largest absolute Gasteiger partial charge is 0.387 e. The second-order valence-corrected chi connectivity index (χ2v) is 5.33. The van der Waals surface area contributed by atoms with Gasteiger partial charge >= 0.3 is 0 Å². The van der Waals surface area contributed by atoms with Crippen molar-refractivity contribution in [2.24, 2.45) is 0 Å². The van der Waals surface area contributed by atoms with Crippen molar-refractivity contribution in [2.45, 2.75) is 24.7 Å². The summed E-state index contributed by atoms with van der Waals surface area (Å²) in [5, 5.41) is 15.1. The molecule has 1 saturated carbocycles. The van der Waals surface area contributed by atoms with E-state index in [0.717, 1.165) is 12.8 Å². The van der Waals surface area contributed by atoms with Crippen LogP contribution in [0.3, 0.4) is 0 Å². The number of benzene rings is 1. The average Bonchev–Trinajstić information content (AvgIpc) is 3.19. The fourth-order valence-electron chi connectivity index (χ4n) is 2.50. The maximum atomic E-state index is 14.0. The quantitative estimate of drug-likeness (QED) is 0.829. The summed E-state index contributed by atoms with van der Waals surface area (Å²) < 4.78 is 19.2. The van der Waals surface area contributed by atoms with Gasteiger partial charge in [0.2, 0.25) is 11.8 Å². The molecule has 6 nitrogen and oxygen atoms in total. The summed E-state index contributed by atoms with van der Waals surface area (Å²) in [5.41, 5.74) is 0.109. The molecule has 0 aliphatic heterocycles. The summed E-state index contributed by atoms with van der Waals surface area (Å²) in [7, 11) is 0. The Kier molecular flexibility index (Phi) is 3.89. The van der Waals surface area contributed by atoms with Crippen molar-refractivity contribution in [3.63, 3.8) is 0 Å². The third-order valence-corrected chi connectivity index (χ3v) is 3.84. The second kappa shape index (κ2) is 5.84.